The Morgan fingerprint density at radius 2 is 2.29 bits per heavy atom. The minimum absolute atomic E-state index is 0.118. The summed E-state index contributed by atoms with van der Waals surface area (Å²) in [7, 11) is 0. The molecule has 17 heavy (non-hydrogen) atoms. The van der Waals surface area contributed by atoms with Gasteiger partial charge in [0.2, 0.25) is 0 Å². The molecule has 0 amide bonds. The normalized spacial score (nSPS) is 22.9. The van der Waals surface area contributed by atoms with E-state index < -0.39 is 0 Å². The number of rotatable bonds is 2. The van der Waals surface area contributed by atoms with E-state index in [0.29, 0.717) is 6.04 Å². The molecule has 1 fully saturated rings. The van der Waals surface area contributed by atoms with Crippen molar-refractivity contribution in [2.45, 2.75) is 51.6 Å². The highest BCUT2D eigenvalue weighted by molar-refractivity contribution is 5.16. The van der Waals surface area contributed by atoms with E-state index in [1.165, 1.54) is 12.1 Å². The fourth-order valence-electron chi connectivity index (χ4n) is 2.30. The minimum atomic E-state index is 0.118. The summed E-state index contributed by atoms with van der Waals surface area (Å²) in [6.07, 6.45) is 2.37. The van der Waals surface area contributed by atoms with E-state index >= 15 is 0 Å². The van der Waals surface area contributed by atoms with Crippen LogP contribution in [0.25, 0.3) is 0 Å². The molecule has 3 N–H and O–H groups in total. The zero-order valence-corrected chi connectivity index (χ0v) is 11.2. The van der Waals surface area contributed by atoms with Gasteiger partial charge in [-0.2, -0.15) is 5.10 Å². The molecule has 0 radical (unpaired) electrons. The topological polar surface area (TPSA) is 57.9 Å². The van der Waals surface area contributed by atoms with Gasteiger partial charge in [0.1, 0.15) is 0 Å². The van der Waals surface area contributed by atoms with Crippen LogP contribution in [-0.4, -0.2) is 34.2 Å². The van der Waals surface area contributed by atoms with Crippen LogP contribution in [0.3, 0.4) is 0 Å². The quantitative estimate of drug-likeness (QED) is 0.820. The lowest BCUT2D eigenvalue weighted by Crippen LogP contribution is -2.42. The van der Waals surface area contributed by atoms with Crippen LogP contribution in [0.2, 0.25) is 0 Å². The molecule has 2 heterocycles. The zero-order chi connectivity index (χ0) is 12.5. The zero-order valence-electron chi connectivity index (χ0n) is 11.2. The van der Waals surface area contributed by atoms with E-state index in [0.717, 1.165) is 31.7 Å². The molecule has 96 valence electrons. The van der Waals surface area contributed by atoms with Crippen molar-refractivity contribution in [2.75, 3.05) is 13.1 Å². The van der Waals surface area contributed by atoms with Crippen molar-refractivity contribution in [1.29, 1.82) is 0 Å². The van der Waals surface area contributed by atoms with Gasteiger partial charge in [-0.1, -0.05) is 20.8 Å². The molecule has 1 aliphatic heterocycles. The number of likely N-dealkylation sites (tertiary alicyclic amines) is 1. The standard InChI is InChI=1S/C13H24N4/c1-13(2,3)12-7-11(15-16-12)9-17-6-4-5-10(14)8-17/h7,10H,4-6,8-9,14H2,1-3H3,(H,15,16)/t10-/m1/s1. The van der Waals surface area contributed by atoms with Gasteiger partial charge in [0.15, 0.2) is 0 Å². The Labute approximate surface area is 104 Å². The SMILES string of the molecule is CC(C)(C)c1cc(CN2CCC[C@@H](N)C2)[nH]n1. The van der Waals surface area contributed by atoms with Crippen molar-refractivity contribution in [3.63, 3.8) is 0 Å². The van der Waals surface area contributed by atoms with Gasteiger partial charge in [0.25, 0.3) is 0 Å². The summed E-state index contributed by atoms with van der Waals surface area (Å²) in [5.74, 6) is 0. The fourth-order valence-corrected chi connectivity index (χ4v) is 2.30. The third-order valence-corrected chi connectivity index (χ3v) is 3.34. The average Bonchev–Trinajstić information content (AvgIpc) is 2.65. The second-order valence-corrected chi connectivity index (χ2v) is 6.17. The molecule has 2 rings (SSSR count). The van der Waals surface area contributed by atoms with Gasteiger partial charge in [0, 0.05) is 30.2 Å². The van der Waals surface area contributed by atoms with Gasteiger partial charge < -0.3 is 5.73 Å². The summed E-state index contributed by atoms with van der Waals surface area (Å²) < 4.78 is 0. The molecule has 0 unspecified atom stereocenters. The maximum atomic E-state index is 5.99. The number of hydrogen-bond acceptors (Lipinski definition) is 3. The first kappa shape index (κ1) is 12.6. The van der Waals surface area contributed by atoms with Crippen molar-refractivity contribution in [1.82, 2.24) is 15.1 Å². The lowest BCUT2D eigenvalue weighted by Gasteiger charge is -2.30. The number of H-pyrrole nitrogens is 1. The van der Waals surface area contributed by atoms with Gasteiger partial charge in [-0.25, -0.2) is 0 Å². The largest absolute Gasteiger partial charge is 0.327 e. The maximum absolute atomic E-state index is 5.99. The van der Waals surface area contributed by atoms with Gasteiger partial charge in [-0.15, -0.1) is 0 Å². The predicted octanol–water partition coefficient (Wildman–Crippen LogP) is 1.63. The molecule has 1 atom stereocenters. The van der Waals surface area contributed by atoms with E-state index in [1.807, 2.05) is 0 Å². The highest BCUT2D eigenvalue weighted by Crippen LogP contribution is 2.21. The van der Waals surface area contributed by atoms with E-state index in [1.54, 1.807) is 0 Å². The number of nitrogens with zero attached hydrogens (tertiary/aromatic N) is 2. The van der Waals surface area contributed by atoms with Gasteiger partial charge in [-0.05, 0) is 25.5 Å². The van der Waals surface area contributed by atoms with Crippen LogP contribution in [-0.2, 0) is 12.0 Å². The Balaban J connectivity index is 1.97. The minimum Gasteiger partial charge on any atom is -0.327 e. The first-order valence-corrected chi connectivity index (χ1v) is 6.48. The summed E-state index contributed by atoms with van der Waals surface area (Å²) in [6, 6.07) is 2.52. The summed E-state index contributed by atoms with van der Waals surface area (Å²) in [5, 5.41) is 7.53. The first-order chi connectivity index (χ1) is 7.95. The van der Waals surface area contributed by atoms with Crippen molar-refractivity contribution in [3.05, 3.63) is 17.5 Å². The molecule has 0 saturated carbocycles. The Hall–Kier alpha value is -0.870. The molecule has 1 aromatic rings. The van der Waals surface area contributed by atoms with Crippen molar-refractivity contribution in [2.24, 2.45) is 5.73 Å². The molecule has 0 bridgehead atoms. The van der Waals surface area contributed by atoms with Crippen molar-refractivity contribution < 1.29 is 0 Å². The summed E-state index contributed by atoms with van der Waals surface area (Å²) in [4.78, 5) is 2.41. The van der Waals surface area contributed by atoms with Crippen molar-refractivity contribution >= 4 is 0 Å². The van der Waals surface area contributed by atoms with Crippen LogP contribution in [0.4, 0.5) is 0 Å². The highest BCUT2D eigenvalue weighted by atomic mass is 15.2. The second kappa shape index (κ2) is 4.78. The van der Waals surface area contributed by atoms with E-state index in [2.05, 4.69) is 41.9 Å². The van der Waals surface area contributed by atoms with Crippen molar-refractivity contribution in [3.8, 4) is 0 Å². The van der Waals surface area contributed by atoms with Gasteiger partial charge >= 0.3 is 0 Å². The first-order valence-electron chi connectivity index (χ1n) is 6.48. The Morgan fingerprint density at radius 3 is 2.88 bits per heavy atom. The van der Waals surface area contributed by atoms with Crippen LogP contribution in [0.15, 0.2) is 6.07 Å². The summed E-state index contributed by atoms with van der Waals surface area (Å²) in [6.45, 7) is 9.65. The third-order valence-electron chi connectivity index (χ3n) is 3.34. The predicted molar refractivity (Wildman–Crippen MR) is 69.8 cm³/mol. The molecule has 4 nitrogen and oxygen atoms in total. The number of nitrogens with two attached hydrogens (primary N) is 1. The van der Waals surface area contributed by atoms with Crippen LogP contribution >= 0.6 is 0 Å². The third kappa shape index (κ3) is 3.30. The molecule has 1 aromatic heterocycles. The molecule has 0 aliphatic carbocycles. The van der Waals surface area contributed by atoms with E-state index in [-0.39, 0.29) is 5.41 Å². The number of aromatic amines is 1. The number of nitrogens with one attached hydrogen (secondary N) is 1. The van der Waals surface area contributed by atoms with Crippen LogP contribution < -0.4 is 5.73 Å². The van der Waals surface area contributed by atoms with Crippen LogP contribution in [0, 0.1) is 0 Å². The molecular formula is C13H24N4. The molecule has 1 aliphatic rings. The monoisotopic (exact) mass is 236 g/mol. The lowest BCUT2D eigenvalue weighted by atomic mass is 9.92. The molecule has 0 aromatic carbocycles. The highest BCUT2D eigenvalue weighted by Gasteiger charge is 2.20. The lowest BCUT2D eigenvalue weighted by molar-refractivity contribution is 0.199. The summed E-state index contributed by atoms with van der Waals surface area (Å²) >= 11 is 0. The molecule has 0 spiro atoms. The average molecular weight is 236 g/mol. The van der Waals surface area contributed by atoms with Crippen LogP contribution in [0.1, 0.15) is 45.0 Å². The van der Waals surface area contributed by atoms with Gasteiger partial charge in [-0.3, -0.25) is 10.00 Å². The number of aromatic nitrogens is 2. The fraction of sp³-hybridized carbons (Fsp3) is 0.769. The smallest absolute Gasteiger partial charge is 0.0678 e. The maximum Gasteiger partial charge on any atom is 0.0678 e. The van der Waals surface area contributed by atoms with Gasteiger partial charge in [0.05, 0.1) is 5.69 Å². The van der Waals surface area contributed by atoms with E-state index in [4.69, 9.17) is 5.73 Å². The van der Waals surface area contributed by atoms with E-state index in [9.17, 15) is 0 Å². The number of hydrogen-bond donors (Lipinski definition) is 2. The Morgan fingerprint density at radius 1 is 1.53 bits per heavy atom. The van der Waals surface area contributed by atoms with Crippen LogP contribution in [0.5, 0.6) is 0 Å². The Bertz CT molecular complexity index is 364. The second-order valence-electron chi connectivity index (χ2n) is 6.17. The number of piperidine rings is 1. The summed E-state index contributed by atoms with van der Waals surface area (Å²) in [5.41, 5.74) is 8.44. The molecule has 4 heteroatoms. The Kier molecular flexibility index (Phi) is 3.54. The molecule has 1 saturated heterocycles. The molecular weight excluding hydrogens is 212 g/mol.